The molecule has 6 nitrogen and oxygen atoms in total. The van der Waals surface area contributed by atoms with Gasteiger partial charge in [-0.2, -0.15) is 13.2 Å². The number of aromatic nitrogens is 1. The van der Waals surface area contributed by atoms with Crippen LogP contribution in [-0.4, -0.2) is 45.5 Å². The number of carbonyl (C=O) groups is 2. The van der Waals surface area contributed by atoms with Gasteiger partial charge in [-0.3, -0.25) is 9.59 Å². The van der Waals surface area contributed by atoms with Gasteiger partial charge in [-0.15, -0.1) is 0 Å². The maximum Gasteiger partial charge on any atom is 0.352 e. The van der Waals surface area contributed by atoms with Crippen molar-refractivity contribution < 1.29 is 32.3 Å². The molecule has 1 aliphatic heterocycles. The summed E-state index contributed by atoms with van der Waals surface area (Å²) in [7, 11) is 0. The highest BCUT2D eigenvalue weighted by molar-refractivity contribution is 6.04. The number of halogens is 4. The second-order valence-corrected chi connectivity index (χ2v) is 7.91. The average Bonchev–Trinajstić information content (AvgIpc) is 2.73. The Hall–Kier alpha value is -3.01. The van der Waals surface area contributed by atoms with Crippen molar-refractivity contribution in [1.82, 2.24) is 9.88 Å². The highest BCUT2D eigenvalue weighted by atomic mass is 19.3. The summed E-state index contributed by atoms with van der Waals surface area (Å²) in [6, 6.07) is 4.59. The highest BCUT2D eigenvalue weighted by Crippen LogP contribution is 2.35. The van der Waals surface area contributed by atoms with Gasteiger partial charge in [-0.05, 0) is 50.5 Å². The molecule has 0 radical (unpaired) electrons. The molecule has 2 N–H and O–H groups in total. The Balaban J connectivity index is 1.82. The second-order valence-electron chi connectivity index (χ2n) is 7.91. The zero-order chi connectivity index (χ0) is 23.7. The molecule has 1 fully saturated rings. The van der Waals surface area contributed by atoms with Gasteiger partial charge in [0.2, 0.25) is 5.95 Å². The van der Waals surface area contributed by atoms with Crippen LogP contribution in [0.25, 0.3) is 0 Å². The Labute approximate surface area is 182 Å². The first kappa shape index (κ1) is 23.6. The molecule has 0 unspecified atom stereocenters. The van der Waals surface area contributed by atoms with Gasteiger partial charge in [0, 0.05) is 36.1 Å². The second kappa shape index (κ2) is 8.85. The highest BCUT2D eigenvalue weighted by Gasteiger charge is 2.47. The van der Waals surface area contributed by atoms with Crippen molar-refractivity contribution in [3.8, 4) is 0 Å². The Morgan fingerprint density at radius 2 is 1.84 bits per heavy atom. The molecule has 10 heteroatoms. The Morgan fingerprint density at radius 1 is 1.19 bits per heavy atom. The van der Waals surface area contributed by atoms with Crippen molar-refractivity contribution in [3.63, 3.8) is 0 Å². The number of piperidine rings is 1. The van der Waals surface area contributed by atoms with Gasteiger partial charge >= 0.3 is 5.92 Å². The van der Waals surface area contributed by atoms with Crippen LogP contribution < -0.4 is 5.32 Å². The summed E-state index contributed by atoms with van der Waals surface area (Å²) in [5.74, 6) is -8.88. The number of likely N-dealkylation sites (tertiary alicyclic amines) is 1. The number of rotatable bonds is 5. The van der Waals surface area contributed by atoms with E-state index in [0.29, 0.717) is 18.6 Å². The molecular formula is C22H23F4N3O3. The molecule has 0 atom stereocenters. The fourth-order valence-electron chi connectivity index (χ4n) is 3.60. The van der Waals surface area contributed by atoms with Crippen LogP contribution in [0.2, 0.25) is 0 Å². The molecule has 1 aromatic heterocycles. The van der Waals surface area contributed by atoms with Crippen molar-refractivity contribution in [2.45, 2.75) is 44.6 Å². The number of amides is 2. The molecule has 1 aromatic carbocycles. The van der Waals surface area contributed by atoms with Gasteiger partial charge in [0.05, 0.1) is 11.2 Å². The first-order valence-electron chi connectivity index (χ1n) is 10.1. The number of alkyl halides is 2. The zero-order valence-corrected chi connectivity index (χ0v) is 17.6. The van der Waals surface area contributed by atoms with Gasteiger partial charge in [0.15, 0.2) is 0 Å². The summed E-state index contributed by atoms with van der Waals surface area (Å²) >= 11 is 0. The van der Waals surface area contributed by atoms with E-state index < -0.39 is 40.7 Å². The van der Waals surface area contributed by atoms with Crippen molar-refractivity contribution in [2.24, 2.45) is 0 Å². The van der Waals surface area contributed by atoms with E-state index in [2.05, 4.69) is 10.3 Å². The van der Waals surface area contributed by atoms with Gasteiger partial charge in [0.25, 0.3) is 11.8 Å². The monoisotopic (exact) mass is 453 g/mol. The largest absolute Gasteiger partial charge is 0.390 e. The number of pyridine rings is 1. The van der Waals surface area contributed by atoms with Crippen LogP contribution in [-0.2, 0) is 10.7 Å². The maximum absolute atomic E-state index is 15.0. The van der Waals surface area contributed by atoms with Gasteiger partial charge in [-0.25, -0.2) is 9.37 Å². The average molecular weight is 453 g/mol. The minimum absolute atomic E-state index is 0.0467. The first-order chi connectivity index (χ1) is 14.9. The minimum Gasteiger partial charge on any atom is -0.390 e. The van der Waals surface area contributed by atoms with Crippen LogP contribution in [0.3, 0.4) is 0 Å². The van der Waals surface area contributed by atoms with E-state index in [1.54, 1.807) is 6.92 Å². The predicted molar refractivity (Wildman–Crippen MR) is 108 cm³/mol. The third kappa shape index (κ3) is 4.90. The Kier molecular flexibility index (Phi) is 6.54. The lowest BCUT2D eigenvalue weighted by atomic mass is 9.88. The van der Waals surface area contributed by atoms with Crippen LogP contribution in [0.5, 0.6) is 0 Å². The van der Waals surface area contributed by atoms with E-state index in [4.69, 9.17) is 0 Å². The number of aryl methyl sites for hydroxylation is 1. The van der Waals surface area contributed by atoms with Crippen molar-refractivity contribution in [1.29, 1.82) is 0 Å². The van der Waals surface area contributed by atoms with Gasteiger partial charge in [0.1, 0.15) is 5.82 Å². The molecule has 3 rings (SSSR count). The molecule has 1 saturated heterocycles. The lowest BCUT2D eigenvalue weighted by molar-refractivity contribution is -0.163. The number of carbonyl (C=O) groups excluding carboxylic acids is 2. The fourth-order valence-corrected chi connectivity index (χ4v) is 3.60. The molecule has 1 aliphatic rings. The normalized spacial score (nSPS) is 16.0. The third-order valence-electron chi connectivity index (χ3n) is 5.65. The van der Waals surface area contributed by atoms with Gasteiger partial charge in [-0.1, -0.05) is 6.92 Å². The van der Waals surface area contributed by atoms with Crippen molar-refractivity contribution in [3.05, 3.63) is 58.9 Å². The van der Waals surface area contributed by atoms with E-state index in [9.17, 15) is 32.3 Å². The van der Waals surface area contributed by atoms with Crippen molar-refractivity contribution in [2.75, 3.05) is 18.4 Å². The summed E-state index contributed by atoms with van der Waals surface area (Å²) in [5, 5.41) is 12.6. The molecule has 0 bridgehead atoms. The van der Waals surface area contributed by atoms with Gasteiger partial charge < -0.3 is 15.3 Å². The third-order valence-corrected chi connectivity index (χ3v) is 5.65. The summed E-state index contributed by atoms with van der Waals surface area (Å²) < 4.78 is 57.6. The SMILES string of the molecule is CCC1(O)CCN(C(=O)C(F)(F)c2cc(C(=O)Nc3cc(C)nc(F)c3)ccc2F)CC1. The number of nitrogens with zero attached hydrogens (tertiary/aromatic N) is 2. The minimum atomic E-state index is -4.22. The molecule has 0 aliphatic carbocycles. The smallest absolute Gasteiger partial charge is 0.352 e. The number of hydrogen-bond acceptors (Lipinski definition) is 4. The first-order valence-corrected chi connectivity index (χ1v) is 10.1. The summed E-state index contributed by atoms with van der Waals surface area (Å²) in [4.78, 5) is 29.4. The lowest BCUT2D eigenvalue weighted by Gasteiger charge is -2.38. The molecule has 2 aromatic rings. The van der Waals surface area contributed by atoms with Crippen LogP contribution in [0.4, 0.5) is 23.2 Å². The number of nitrogens with one attached hydrogen (secondary N) is 1. The standard InChI is InChI=1S/C22H23F4N3O3/c1-3-21(32)6-8-29(9-7-21)20(31)22(25,26)16-11-14(4-5-17(16)23)19(30)28-15-10-13(2)27-18(24)12-15/h4-5,10-12,32H,3,6-9H2,1-2H3,(H,27,28,30). The fraction of sp³-hybridized carbons (Fsp3) is 0.409. The predicted octanol–water partition coefficient (Wildman–Crippen LogP) is 3.78. The zero-order valence-electron chi connectivity index (χ0n) is 17.6. The van der Waals surface area contributed by atoms with E-state index in [-0.39, 0.29) is 42.9 Å². The molecule has 0 spiro atoms. The summed E-state index contributed by atoms with van der Waals surface area (Å²) in [6.45, 7) is 3.09. The number of hydrogen-bond donors (Lipinski definition) is 2. The lowest BCUT2D eigenvalue weighted by Crippen LogP contribution is -2.50. The topological polar surface area (TPSA) is 82.5 Å². The summed E-state index contributed by atoms with van der Waals surface area (Å²) in [6.07, 6.45) is 0.703. The number of aliphatic hydroxyl groups is 1. The van der Waals surface area contributed by atoms with Crippen LogP contribution in [0, 0.1) is 18.7 Å². The Bertz CT molecular complexity index is 1020. The van der Waals surface area contributed by atoms with Crippen LogP contribution >= 0.6 is 0 Å². The van der Waals surface area contributed by atoms with Crippen LogP contribution in [0.1, 0.15) is 47.8 Å². The van der Waals surface area contributed by atoms with Crippen LogP contribution in [0.15, 0.2) is 30.3 Å². The molecule has 2 heterocycles. The van der Waals surface area contributed by atoms with E-state index in [0.717, 1.165) is 17.0 Å². The quantitative estimate of drug-likeness (QED) is 0.533. The Morgan fingerprint density at radius 3 is 2.44 bits per heavy atom. The number of anilines is 1. The maximum atomic E-state index is 15.0. The summed E-state index contributed by atoms with van der Waals surface area (Å²) in [5.41, 5.74) is -2.24. The van der Waals surface area contributed by atoms with E-state index in [1.165, 1.54) is 13.0 Å². The van der Waals surface area contributed by atoms with E-state index >= 15 is 0 Å². The van der Waals surface area contributed by atoms with E-state index in [1.807, 2.05) is 0 Å². The molecule has 2 amide bonds. The molecule has 32 heavy (non-hydrogen) atoms. The molecule has 172 valence electrons. The van der Waals surface area contributed by atoms with Crippen molar-refractivity contribution >= 4 is 17.5 Å². The molecular weight excluding hydrogens is 430 g/mol. The number of benzene rings is 1. The molecule has 0 saturated carbocycles.